The van der Waals surface area contributed by atoms with Crippen LogP contribution >= 0.6 is 0 Å². The number of carbonyl (C=O) groups is 1. The standard InChI is InChI=1S/C20H21NO6/c1-23-16-8-12-6-14(20(22)25-3)21-19(13(12)9-17(16)24-2)11-4-5-15-18(7-11)27-10-26-15/h4-5,7-9,12-14H,6,10H2,1-3H3. The van der Waals surface area contributed by atoms with Crippen LogP contribution in [0.2, 0.25) is 0 Å². The Labute approximate surface area is 157 Å². The molecule has 27 heavy (non-hydrogen) atoms. The molecule has 0 N–H and O–H groups in total. The molecule has 142 valence electrons. The van der Waals surface area contributed by atoms with Crippen molar-refractivity contribution in [1.29, 1.82) is 0 Å². The molecule has 2 aliphatic heterocycles. The zero-order valence-corrected chi connectivity index (χ0v) is 15.4. The SMILES string of the molecule is COC(=O)C1CC2C=C(OC)C(OC)=CC2C(c2ccc3c(c2)OCO3)=N1. The smallest absolute Gasteiger partial charge is 0.330 e. The molecule has 0 amide bonds. The molecule has 0 fully saturated rings. The molecule has 7 heteroatoms. The van der Waals surface area contributed by atoms with Crippen LogP contribution < -0.4 is 9.47 Å². The molecule has 0 spiro atoms. The third kappa shape index (κ3) is 3.03. The summed E-state index contributed by atoms with van der Waals surface area (Å²) < 4.78 is 26.7. The van der Waals surface area contributed by atoms with Gasteiger partial charge in [0.1, 0.15) is 6.04 Å². The van der Waals surface area contributed by atoms with Crippen LogP contribution in [-0.4, -0.2) is 45.8 Å². The Morgan fingerprint density at radius 1 is 1.07 bits per heavy atom. The van der Waals surface area contributed by atoms with E-state index in [-0.39, 0.29) is 24.6 Å². The van der Waals surface area contributed by atoms with Crippen molar-refractivity contribution in [1.82, 2.24) is 0 Å². The number of ether oxygens (including phenoxy) is 5. The Kier molecular flexibility index (Phi) is 4.51. The van der Waals surface area contributed by atoms with Crippen LogP contribution in [-0.2, 0) is 19.0 Å². The number of hydrogen-bond acceptors (Lipinski definition) is 7. The lowest BCUT2D eigenvalue weighted by Gasteiger charge is -2.34. The molecule has 1 aromatic carbocycles. The minimum absolute atomic E-state index is 0.0415. The Morgan fingerprint density at radius 2 is 1.81 bits per heavy atom. The van der Waals surface area contributed by atoms with Crippen molar-refractivity contribution < 1.29 is 28.5 Å². The molecular weight excluding hydrogens is 350 g/mol. The van der Waals surface area contributed by atoms with Gasteiger partial charge in [0.05, 0.1) is 27.0 Å². The molecule has 0 radical (unpaired) electrons. The first-order chi connectivity index (χ1) is 13.1. The summed E-state index contributed by atoms with van der Waals surface area (Å²) in [5, 5.41) is 0. The minimum Gasteiger partial charge on any atom is -0.493 e. The van der Waals surface area contributed by atoms with Gasteiger partial charge < -0.3 is 23.7 Å². The normalized spacial score (nSPS) is 25.6. The fraction of sp³-hybridized carbons (Fsp3) is 0.400. The first-order valence-electron chi connectivity index (χ1n) is 8.72. The molecular formula is C20H21NO6. The summed E-state index contributed by atoms with van der Waals surface area (Å²) >= 11 is 0. The number of aliphatic imine (C=N–C) groups is 1. The number of methoxy groups -OCH3 is 3. The van der Waals surface area contributed by atoms with Crippen LogP contribution in [0.3, 0.4) is 0 Å². The van der Waals surface area contributed by atoms with E-state index in [1.54, 1.807) is 14.2 Å². The minimum atomic E-state index is -0.566. The number of carbonyl (C=O) groups excluding carboxylic acids is 1. The summed E-state index contributed by atoms with van der Waals surface area (Å²) in [7, 11) is 4.59. The second kappa shape index (κ2) is 6.98. The molecule has 1 aromatic rings. The van der Waals surface area contributed by atoms with Crippen LogP contribution in [0.5, 0.6) is 11.5 Å². The average Bonchev–Trinajstić information content (AvgIpc) is 3.18. The summed E-state index contributed by atoms with van der Waals surface area (Å²) in [6, 6.07) is 5.12. The number of benzene rings is 1. The van der Waals surface area contributed by atoms with E-state index in [0.717, 1.165) is 11.3 Å². The molecule has 2 heterocycles. The maximum atomic E-state index is 12.2. The van der Waals surface area contributed by atoms with E-state index in [2.05, 4.69) is 0 Å². The van der Waals surface area contributed by atoms with Crippen molar-refractivity contribution in [2.24, 2.45) is 16.8 Å². The third-order valence-corrected chi connectivity index (χ3v) is 5.09. The van der Waals surface area contributed by atoms with Gasteiger partial charge in [0.25, 0.3) is 0 Å². The molecule has 3 atom stereocenters. The maximum absolute atomic E-state index is 12.2. The van der Waals surface area contributed by atoms with Gasteiger partial charge in [-0.15, -0.1) is 0 Å². The van der Waals surface area contributed by atoms with Gasteiger partial charge in [0.15, 0.2) is 23.0 Å². The summed E-state index contributed by atoms with van der Waals surface area (Å²) in [5.41, 5.74) is 1.67. The van der Waals surface area contributed by atoms with Crippen molar-refractivity contribution in [3.8, 4) is 11.5 Å². The second-order valence-electron chi connectivity index (χ2n) is 6.52. The largest absolute Gasteiger partial charge is 0.493 e. The van der Waals surface area contributed by atoms with Crippen LogP contribution in [0.15, 0.2) is 46.9 Å². The predicted molar refractivity (Wildman–Crippen MR) is 96.7 cm³/mol. The van der Waals surface area contributed by atoms with E-state index >= 15 is 0 Å². The highest BCUT2D eigenvalue weighted by Crippen LogP contribution is 2.40. The second-order valence-corrected chi connectivity index (χ2v) is 6.52. The predicted octanol–water partition coefficient (Wildman–Crippen LogP) is 2.46. The summed E-state index contributed by atoms with van der Waals surface area (Å²) in [6.45, 7) is 0.204. The van der Waals surface area contributed by atoms with Gasteiger partial charge in [0, 0.05) is 11.5 Å². The highest BCUT2D eigenvalue weighted by molar-refractivity contribution is 6.06. The quantitative estimate of drug-likeness (QED) is 0.757. The highest BCUT2D eigenvalue weighted by Gasteiger charge is 2.39. The Bertz CT molecular complexity index is 856. The molecule has 0 saturated carbocycles. The number of esters is 1. The summed E-state index contributed by atoms with van der Waals surface area (Å²) in [5.74, 6) is 2.35. The van der Waals surface area contributed by atoms with E-state index in [9.17, 15) is 4.79 Å². The summed E-state index contributed by atoms with van der Waals surface area (Å²) in [4.78, 5) is 16.9. The van der Waals surface area contributed by atoms with Gasteiger partial charge >= 0.3 is 5.97 Å². The lowest BCUT2D eigenvalue weighted by molar-refractivity contribution is -0.142. The lowest BCUT2D eigenvalue weighted by atomic mass is 9.75. The van der Waals surface area contributed by atoms with Gasteiger partial charge in [-0.2, -0.15) is 0 Å². The molecule has 4 rings (SSSR count). The molecule has 0 saturated heterocycles. The van der Waals surface area contributed by atoms with Crippen molar-refractivity contribution in [2.45, 2.75) is 12.5 Å². The highest BCUT2D eigenvalue weighted by atomic mass is 16.7. The van der Waals surface area contributed by atoms with E-state index in [0.29, 0.717) is 29.4 Å². The number of allylic oxidation sites excluding steroid dienone is 2. The fourth-order valence-corrected chi connectivity index (χ4v) is 3.75. The number of nitrogens with zero attached hydrogens (tertiary/aromatic N) is 1. The summed E-state index contributed by atoms with van der Waals surface area (Å²) in [6.07, 6.45) is 4.55. The molecule has 3 unspecified atom stereocenters. The third-order valence-electron chi connectivity index (χ3n) is 5.09. The molecule has 0 aromatic heterocycles. The Morgan fingerprint density at radius 3 is 2.56 bits per heavy atom. The molecule has 0 bridgehead atoms. The van der Waals surface area contributed by atoms with Crippen molar-refractivity contribution in [3.05, 3.63) is 47.4 Å². The first-order valence-corrected chi connectivity index (χ1v) is 8.72. The average molecular weight is 371 g/mol. The van der Waals surface area contributed by atoms with Gasteiger partial charge in [-0.25, -0.2) is 4.79 Å². The monoisotopic (exact) mass is 371 g/mol. The van der Waals surface area contributed by atoms with Gasteiger partial charge in [-0.3, -0.25) is 4.99 Å². The number of rotatable bonds is 4. The Balaban J connectivity index is 1.79. The zero-order valence-electron chi connectivity index (χ0n) is 15.4. The van der Waals surface area contributed by atoms with Crippen molar-refractivity contribution >= 4 is 11.7 Å². The molecule has 3 aliphatic rings. The topological polar surface area (TPSA) is 75.6 Å². The van der Waals surface area contributed by atoms with E-state index in [4.69, 9.17) is 28.7 Å². The van der Waals surface area contributed by atoms with E-state index in [1.165, 1.54) is 7.11 Å². The molecule has 1 aliphatic carbocycles. The maximum Gasteiger partial charge on any atom is 0.330 e. The van der Waals surface area contributed by atoms with E-state index < -0.39 is 6.04 Å². The number of hydrogen-bond donors (Lipinski definition) is 0. The van der Waals surface area contributed by atoms with Crippen LogP contribution in [0.25, 0.3) is 0 Å². The van der Waals surface area contributed by atoms with Gasteiger partial charge in [0.2, 0.25) is 6.79 Å². The lowest BCUT2D eigenvalue weighted by Crippen LogP contribution is -2.37. The number of fused-ring (bicyclic) bond motifs is 2. The van der Waals surface area contributed by atoms with Crippen molar-refractivity contribution in [3.63, 3.8) is 0 Å². The first kappa shape index (κ1) is 17.5. The van der Waals surface area contributed by atoms with Crippen LogP contribution in [0.4, 0.5) is 0 Å². The van der Waals surface area contributed by atoms with Crippen LogP contribution in [0.1, 0.15) is 12.0 Å². The molecule has 7 nitrogen and oxygen atoms in total. The zero-order chi connectivity index (χ0) is 19.0. The van der Waals surface area contributed by atoms with E-state index in [1.807, 2.05) is 30.4 Å². The van der Waals surface area contributed by atoms with Crippen molar-refractivity contribution in [2.75, 3.05) is 28.1 Å². The Hall–Kier alpha value is -2.96. The van der Waals surface area contributed by atoms with Gasteiger partial charge in [-0.05, 0) is 42.7 Å². The fourth-order valence-electron chi connectivity index (χ4n) is 3.75. The van der Waals surface area contributed by atoms with Gasteiger partial charge in [-0.1, -0.05) is 0 Å². The van der Waals surface area contributed by atoms with Crippen LogP contribution in [0, 0.1) is 11.8 Å².